The number of hydrogen-bond acceptors (Lipinski definition) is 3. The van der Waals surface area contributed by atoms with Crippen LogP contribution < -0.4 is 16.4 Å². The van der Waals surface area contributed by atoms with Crippen LogP contribution in [-0.4, -0.2) is 29.7 Å². The van der Waals surface area contributed by atoms with Crippen molar-refractivity contribution in [2.75, 3.05) is 6.61 Å². The predicted octanol–water partition coefficient (Wildman–Crippen LogP) is 0.602. The van der Waals surface area contributed by atoms with Crippen LogP contribution in [0.5, 0.6) is 0 Å². The van der Waals surface area contributed by atoms with Crippen LogP contribution in [0.1, 0.15) is 29.8 Å². The lowest BCUT2D eigenvalue weighted by Crippen LogP contribution is -2.38. The zero-order valence-electron chi connectivity index (χ0n) is 11.7. The van der Waals surface area contributed by atoms with E-state index >= 15 is 0 Å². The van der Waals surface area contributed by atoms with Gasteiger partial charge in [-0.25, -0.2) is 4.79 Å². The van der Waals surface area contributed by atoms with Crippen molar-refractivity contribution in [3.8, 4) is 0 Å². The summed E-state index contributed by atoms with van der Waals surface area (Å²) in [5, 5.41) is 14.3. The van der Waals surface area contributed by atoms with E-state index in [2.05, 4.69) is 10.6 Å². The average Bonchev–Trinajstić information content (AvgIpc) is 2.44. The quantitative estimate of drug-likeness (QED) is 0.613. The molecule has 1 aromatic carbocycles. The third kappa shape index (κ3) is 4.89. The minimum Gasteiger partial charge on any atom is -0.396 e. The van der Waals surface area contributed by atoms with Gasteiger partial charge >= 0.3 is 6.03 Å². The maximum absolute atomic E-state index is 12.0. The van der Waals surface area contributed by atoms with Crippen LogP contribution >= 0.6 is 0 Å². The number of benzene rings is 1. The van der Waals surface area contributed by atoms with Gasteiger partial charge in [0.2, 0.25) is 0 Å². The van der Waals surface area contributed by atoms with E-state index in [-0.39, 0.29) is 24.5 Å². The van der Waals surface area contributed by atoms with Crippen LogP contribution in [0.4, 0.5) is 4.79 Å². The summed E-state index contributed by atoms with van der Waals surface area (Å²) in [6.07, 6.45) is 0. The molecule has 0 bridgehead atoms. The molecule has 0 spiro atoms. The smallest absolute Gasteiger partial charge is 0.312 e. The van der Waals surface area contributed by atoms with Gasteiger partial charge in [0.15, 0.2) is 0 Å². The molecule has 0 aliphatic rings. The predicted molar refractivity (Wildman–Crippen MR) is 76.0 cm³/mol. The number of primary amides is 1. The zero-order valence-corrected chi connectivity index (χ0v) is 11.7. The van der Waals surface area contributed by atoms with Crippen molar-refractivity contribution >= 4 is 11.9 Å². The third-order valence-electron chi connectivity index (χ3n) is 3.18. The van der Waals surface area contributed by atoms with Crippen molar-refractivity contribution in [2.24, 2.45) is 11.7 Å². The molecule has 0 aliphatic carbocycles. The SMILES string of the molecule is CC(CO)C(C)NC(=O)c1ccc(CNC(N)=O)cc1. The number of nitrogens with one attached hydrogen (secondary N) is 2. The topological polar surface area (TPSA) is 104 Å². The summed E-state index contributed by atoms with van der Waals surface area (Å²) in [5.74, 6) is -0.190. The molecule has 0 heterocycles. The van der Waals surface area contributed by atoms with Crippen molar-refractivity contribution < 1.29 is 14.7 Å². The molecule has 2 atom stereocenters. The molecule has 110 valence electrons. The van der Waals surface area contributed by atoms with Gasteiger partial charge in [-0.2, -0.15) is 0 Å². The zero-order chi connectivity index (χ0) is 15.1. The molecule has 0 saturated heterocycles. The van der Waals surface area contributed by atoms with Gasteiger partial charge < -0.3 is 21.5 Å². The molecule has 0 aliphatic heterocycles. The number of nitrogens with two attached hydrogens (primary N) is 1. The summed E-state index contributed by atoms with van der Waals surface area (Å²) >= 11 is 0. The third-order valence-corrected chi connectivity index (χ3v) is 3.18. The minimum atomic E-state index is -0.585. The molecule has 5 N–H and O–H groups in total. The van der Waals surface area contributed by atoms with Crippen molar-refractivity contribution in [1.82, 2.24) is 10.6 Å². The second kappa shape index (κ2) is 7.49. The Morgan fingerprint density at radius 3 is 2.35 bits per heavy atom. The molecule has 0 saturated carbocycles. The standard InChI is InChI=1S/C14H21N3O3/c1-9(8-18)10(2)17-13(19)12-5-3-11(4-6-12)7-16-14(15)20/h3-6,9-10,18H,7-8H2,1-2H3,(H,17,19)(H3,15,16,20). The Balaban J connectivity index is 2.59. The number of urea groups is 1. The van der Waals surface area contributed by atoms with Gasteiger partial charge in [0.25, 0.3) is 5.91 Å². The Morgan fingerprint density at radius 2 is 1.85 bits per heavy atom. The lowest BCUT2D eigenvalue weighted by atomic mass is 10.0. The molecule has 3 amide bonds. The van der Waals surface area contributed by atoms with E-state index in [1.165, 1.54) is 0 Å². The summed E-state index contributed by atoms with van der Waals surface area (Å²) in [5.41, 5.74) is 6.37. The van der Waals surface area contributed by atoms with Gasteiger partial charge in [0.1, 0.15) is 0 Å². The van der Waals surface area contributed by atoms with Crippen LogP contribution in [0.2, 0.25) is 0 Å². The second-order valence-corrected chi connectivity index (χ2v) is 4.84. The highest BCUT2D eigenvalue weighted by atomic mass is 16.3. The maximum atomic E-state index is 12.0. The fourth-order valence-corrected chi connectivity index (χ4v) is 1.55. The number of aliphatic hydroxyl groups excluding tert-OH is 1. The molecule has 0 radical (unpaired) electrons. The molecular formula is C14H21N3O3. The second-order valence-electron chi connectivity index (χ2n) is 4.84. The number of amides is 3. The van der Waals surface area contributed by atoms with Crippen molar-refractivity contribution in [3.05, 3.63) is 35.4 Å². The number of rotatable bonds is 6. The Hall–Kier alpha value is -2.08. The van der Waals surface area contributed by atoms with E-state index in [0.29, 0.717) is 12.1 Å². The normalized spacial score (nSPS) is 13.3. The molecule has 1 aromatic rings. The van der Waals surface area contributed by atoms with Crippen LogP contribution in [0, 0.1) is 5.92 Å². The lowest BCUT2D eigenvalue weighted by Gasteiger charge is -2.19. The monoisotopic (exact) mass is 279 g/mol. The van der Waals surface area contributed by atoms with Gasteiger partial charge in [0.05, 0.1) is 0 Å². The number of aliphatic hydroxyl groups is 1. The summed E-state index contributed by atoms with van der Waals surface area (Å²) in [4.78, 5) is 22.6. The largest absolute Gasteiger partial charge is 0.396 e. The molecule has 1 rings (SSSR count). The van der Waals surface area contributed by atoms with Crippen molar-refractivity contribution in [1.29, 1.82) is 0 Å². The number of carbonyl (C=O) groups excluding carboxylic acids is 2. The molecule has 6 heteroatoms. The van der Waals surface area contributed by atoms with E-state index in [1.807, 2.05) is 13.8 Å². The van der Waals surface area contributed by atoms with E-state index in [1.54, 1.807) is 24.3 Å². The molecule has 6 nitrogen and oxygen atoms in total. The van der Waals surface area contributed by atoms with Crippen LogP contribution in [0.25, 0.3) is 0 Å². The van der Waals surface area contributed by atoms with Crippen molar-refractivity contribution in [3.63, 3.8) is 0 Å². The molecule has 0 fully saturated rings. The summed E-state index contributed by atoms with van der Waals surface area (Å²) in [6.45, 7) is 4.07. The van der Waals surface area contributed by atoms with Gasteiger partial charge in [-0.05, 0) is 30.5 Å². The van der Waals surface area contributed by atoms with Crippen LogP contribution in [0.15, 0.2) is 24.3 Å². The lowest BCUT2D eigenvalue weighted by molar-refractivity contribution is 0.0916. The van der Waals surface area contributed by atoms with Gasteiger partial charge in [-0.3, -0.25) is 4.79 Å². The van der Waals surface area contributed by atoms with Crippen LogP contribution in [-0.2, 0) is 6.54 Å². The summed E-state index contributed by atoms with van der Waals surface area (Å²) in [6, 6.07) is 6.19. The average molecular weight is 279 g/mol. The number of carbonyl (C=O) groups is 2. The Labute approximate surface area is 118 Å². The maximum Gasteiger partial charge on any atom is 0.312 e. The molecular weight excluding hydrogens is 258 g/mol. The van der Waals surface area contributed by atoms with Gasteiger partial charge in [-0.15, -0.1) is 0 Å². The fraction of sp³-hybridized carbons (Fsp3) is 0.429. The minimum absolute atomic E-state index is 0.00186. The number of hydrogen-bond donors (Lipinski definition) is 4. The van der Waals surface area contributed by atoms with Crippen LogP contribution in [0.3, 0.4) is 0 Å². The van der Waals surface area contributed by atoms with Gasteiger partial charge in [0, 0.05) is 24.8 Å². The first kappa shape index (κ1) is 16.0. The first-order valence-electron chi connectivity index (χ1n) is 6.48. The van der Waals surface area contributed by atoms with E-state index < -0.39 is 6.03 Å². The van der Waals surface area contributed by atoms with E-state index in [0.717, 1.165) is 5.56 Å². The van der Waals surface area contributed by atoms with Gasteiger partial charge in [-0.1, -0.05) is 19.1 Å². The van der Waals surface area contributed by atoms with E-state index in [9.17, 15) is 9.59 Å². The summed E-state index contributed by atoms with van der Waals surface area (Å²) in [7, 11) is 0. The first-order valence-corrected chi connectivity index (χ1v) is 6.48. The Bertz CT molecular complexity index is 459. The highest BCUT2D eigenvalue weighted by molar-refractivity contribution is 5.94. The highest BCUT2D eigenvalue weighted by Gasteiger charge is 2.14. The van der Waals surface area contributed by atoms with Crippen molar-refractivity contribution in [2.45, 2.75) is 26.4 Å². The highest BCUT2D eigenvalue weighted by Crippen LogP contribution is 2.07. The summed E-state index contributed by atoms with van der Waals surface area (Å²) < 4.78 is 0. The Morgan fingerprint density at radius 1 is 1.25 bits per heavy atom. The molecule has 2 unspecified atom stereocenters. The first-order chi connectivity index (χ1) is 9.43. The Kier molecular flexibility index (Phi) is 5.99. The molecule has 0 aromatic heterocycles. The molecule has 20 heavy (non-hydrogen) atoms. The van der Waals surface area contributed by atoms with E-state index in [4.69, 9.17) is 10.8 Å². The fourth-order valence-electron chi connectivity index (χ4n) is 1.55.